The number of hydrogen-bond donors (Lipinski definition) is 1. The summed E-state index contributed by atoms with van der Waals surface area (Å²) in [6.45, 7) is 1.88. The molecule has 32 heavy (non-hydrogen) atoms. The van der Waals surface area contributed by atoms with Crippen molar-refractivity contribution in [2.45, 2.75) is 13.5 Å². The molecule has 0 unspecified atom stereocenters. The Morgan fingerprint density at radius 3 is 2.69 bits per heavy atom. The van der Waals surface area contributed by atoms with Gasteiger partial charge in [0.05, 0.1) is 42.5 Å². The van der Waals surface area contributed by atoms with Crippen LogP contribution in [0.5, 0.6) is 5.75 Å². The van der Waals surface area contributed by atoms with Crippen LogP contribution in [0.4, 0.5) is 5.95 Å². The van der Waals surface area contributed by atoms with Crippen molar-refractivity contribution in [2.24, 2.45) is 0 Å². The van der Waals surface area contributed by atoms with E-state index in [9.17, 15) is 10.1 Å². The Kier molecular flexibility index (Phi) is 5.59. The molecule has 0 saturated carbocycles. The van der Waals surface area contributed by atoms with Crippen LogP contribution in [0.3, 0.4) is 0 Å². The van der Waals surface area contributed by atoms with E-state index in [1.165, 1.54) is 14.0 Å². The molecular formula is C23H19N7O2. The zero-order valence-electron chi connectivity index (χ0n) is 17.5. The average Bonchev–Trinajstić information content (AvgIpc) is 3.26. The first-order chi connectivity index (χ1) is 15.5. The normalized spacial score (nSPS) is 10.5. The van der Waals surface area contributed by atoms with Gasteiger partial charge in [0.1, 0.15) is 17.5 Å². The third-order valence-electron chi connectivity index (χ3n) is 4.78. The van der Waals surface area contributed by atoms with Gasteiger partial charge < -0.3 is 10.5 Å². The highest BCUT2D eigenvalue weighted by Gasteiger charge is 2.15. The second-order valence-corrected chi connectivity index (χ2v) is 6.99. The monoisotopic (exact) mass is 425 g/mol. The number of methoxy groups -OCH3 is 1. The number of para-hydroxylation sites is 1. The number of pyridine rings is 1. The summed E-state index contributed by atoms with van der Waals surface area (Å²) in [5.41, 5.74) is 9.99. The van der Waals surface area contributed by atoms with Gasteiger partial charge in [-0.25, -0.2) is 15.0 Å². The van der Waals surface area contributed by atoms with E-state index in [-0.39, 0.29) is 11.7 Å². The summed E-state index contributed by atoms with van der Waals surface area (Å²) in [4.78, 5) is 24.6. The molecular weight excluding hydrogens is 406 g/mol. The van der Waals surface area contributed by atoms with Crippen molar-refractivity contribution in [3.05, 3.63) is 71.8 Å². The van der Waals surface area contributed by atoms with Gasteiger partial charge in [0.25, 0.3) is 0 Å². The van der Waals surface area contributed by atoms with Crippen molar-refractivity contribution >= 4 is 11.7 Å². The number of nitrogens with two attached hydrogens (primary N) is 1. The summed E-state index contributed by atoms with van der Waals surface area (Å²) in [5.74, 6) is 0.421. The molecule has 3 aromatic heterocycles. The van der Waals surface area contributed by atoms with Gasteiger partial charge in [0.15, 0.2) is 5.78 Å². The highest BCUT2D eigenvalue weighted by molar-refractivity contribution is 5.92. The smallest absolute Gasteiger partial charge is 0.221 e. The number of aromatic nitrogens is 5. The molecule has 0 amide bonds. The Labute approximate surface area is 184 Å². The fourth-order valence-corrected chi connectivity index (χ4v) is 3.31. The molecule has 4 aromatic rings. The first-order valence-corrected chi connectivity index (χ1v) is 9.70. The highest BCUT2D eigenvalue weighted by Crippen LogP contribution is 2.33. The number of hydrogen-bond acceptors (Lipinski definition) is 8. The summed E-state index contributed by atoms with van der Waals surface area (Å²) in [6.07, 6.45) is 3.49. The molecule has 3 heterocycles. The fraction of sp³-hybridized carbons (Fsp3) is 0.130. The molecule has 2 N–H and O–H groups in total. The van der Waals surface area contributed by atoms with Gasteiger partial charge in [-0.05, 0) is 30.3 Å². The summed E-state index contributed by atoms with van der Waals surface area (Å²) in [7, 11) is 1.50. The SMILES string of the molecule is COc1c(C#N)cccc1-c1cc(-c2cnn(Cc3cccc(C(C)=O)n3)c2)nc(N)n1. The van der Waals surface area contributed by atoms with E-state index in [0.29, 0.717) is 46.2 Å². The van der Waals surface area contributed by atoms with E-state index >= 15 is 0 Å². The standard InChI is InChI=1S/C23H19N7O2/c1-14(31)19-8-4-6-17(27-19)13-30-12-16(11-26-30)20-9-21(29-23(25)28-20)18-7-3-5-15(10-24)22(18)32-2/h3-9,11-12H,13H2,1-2H3,(H2,25,28,29). The average molecular weight is 425 g/mol. The molecule has 0 atom stereocenters. The van der Waals surface area contributed by atoms with Gasteiger partial charge in [0, 0.05) is 24.2 Å². The van der Waals surface area contributed by atoms with E-state index < -0.39 is 0 Å². The van der Waals surface area contributed by atoms with E-state index in [0.717, 1.165) is 5.56 Å². The number of anilines is 1. The summed E-state index contributed by atoms with van der Waals surface area (Å²) in [5, 5.41) is 13.7. The van der Waals surface area contributed by atoms with Gasteiger partial charge in [-0.15, -0.1) is 0 Å². The lowest BCUT2D eigenvalue weighted by Gasteiger charge is -2.10. The van der Waals surface area contributed by atoms with Crippen LogP contribution < -0.4 is 10.5 Å². The Balaban J connectivity index is 1.68. The largest absolute Gasteiger partial charge is 0.495 e. The van der Waals surface area contributed by atoms with Crippen LogP contribution >= 0.6 is 0 Å². The van der Waals surface area contributed by atoms with Crippen LogP contribution in [0.1, 0.15) is 28.7 Å². The van der Waals surface area contributed by atoms with Crippen LogP contribution in [0.2, 0.25) is 0 Å². The molecule has 158 valence electrons. The van der Waals surface area contributed by atoms with E-state index in [1.807, 2.05) is 18.3 Å². The molecule has 0 aliphatic heterocycles. The second-order valence-electron chi connectivity index (χ2n) is 6.99. The van der Waals surface area contributed by atoms with Crippen molar-refractivity contribution in [1.82, 2.24) is 24.7 Å². The summed E-state index contributed by atoms with van der Waals surface area (Å²) >= 11 is 0. The first-order valence-electron chi connectivity index (χ1n) is 9.70. The molecule has 9 heteroatoms. The zero-order valence-corrected chi connectivity index (χ0v) is 17.5. The van der Waals surface area contributed by atoms with Gasteiger partial charge in [-0.2, -0.15) is 10.4 Å². The summed E-state index contributed by atoms with van der Waals surface area (Å²) in [6, 6.07) is 14.4. The maximum atomic E-state index is 11.6. The number of carbonyl (C=O) groups excluding carboxylic acids is 1. The molecule has 0 bridgehead atoms. The van der Waals surface area contributed by atoms with Crippen LogP contribution in [0.15, 0.2) is 54.9 Å². The minimum Gasteiger partial charge on any atom is -0.495 e. The van der Waals surface area contributed by atoms with Crippen LogP contribution in [-0.4, -0.2) is 37.6 Å². The van der Waals surface area contributed by atoms with Crippen molar-refractivity contribution < 1.29 is 9.53 Å². The van der Waals surface area contributed by atoms with E-state index in [4.69, 9.17) is 10.5 Å². The molecule has 1 aromatic carbocycles. The van der Waals surface area contributed by atoms with Gasteiger partial charge >= 0.3 is 0 Å². The third-order valence-corrected chi connectivity index (χ3v) is 4.78. The summed E-state index contributed by atoms with van der Waals surface area (Å²) < 4.78 is 7.14. The molecule has 0 radical (unpaired) electrons. The zero-order chi connectivity index (χ0) is 22.7. The molecule has 0 aliphatic rings. The van der Waals surface area contributed by atoms with E-state index in [1.54, 1.807) is 41.2 Å². The van der Waals surface area contributed by atoms with Crippen molar-refractivity contribution in [2.75, 3.05) is 12.8 Å². The number of Topliss-reactive ketones (excluding diaryl/α,β-unsaturated/α-hetero) is 1. The minimum absolute atomic E-state index is 0.0884. The quantitative estimate of drug-likeness (QED) is 0.466. The fourth-order valence-electron chi connectivity index (χ4n) is 3.31. The minimum atomic E-state index is -0.0899. The van der Waals surface area contributed by atoms with Crippen molar-refractivity contribution in [3.8, 4) is 34.3 Å². The predicted octanol–water partition coefficient (Wildman–Crippen LogP) is 3.12. The molecule has 0 spiro atoms. The Morgan fingerprint density at radius 1 is 1.16 bits per heavy atom. The van der Waals surface area contributed by atoms with Crippen molar-refractivity contribution in [1.29, 1.82) is 5.26 Å². The van der Waals surface area contributed by atoms with Gasteiger partial charge in [-0.3, -0.25) is 9.48 Å². The number of nitriles is 1. The van der Waals surface area contributed by atoms with E-state index in [2.05, 4.69) is 26.1 Å². The topological polar surface area (TPSA) is 133 Å². The lowest BCUT2D eigenvalue weighted by atomic mass is 10.0. The molecule has 0 fully saturated rings. The molecule has 0 aliphatic carbocycles. The number of ketones is 1. The van der Waals surface area contributed by atoms with Gasteiger partial charge in [0.2, 0.25) is 5.95 Å². The number of carbonyl (C=O) groups is 1. The van der Waals surface area contributed by atoms with Crippen LogP contribution in [-0.2, 0) is 6.54 Å². The van der Waals surface area contributed by atoms with Crippen molar-refractivity contribution in [3.63, 3.8) is 0 Å². The Morgan fingerprint density at radius 2 is 1.94 bits per heavy atom. The molecule has 0 saturated heterocycles. The number of nitrogen functional groups attached to an aromatic ring is 1. The van der Waals surface area contributed by atoms with Crippen LogP contribution in [0.25, 0.3) is 22.5 Å². The Bertz CT molecular complexity index is 1350. The lowest BCUT2D eigenvalue weighted by molar-refractivity contribution is 0.101. The number of rotatable bonds is 6. The lowest BCUT2D eigenvalue weighted by Crippen LogP contribution is -2.05. The third kappa shape index (κ3) is 4.15. The molecule has 9 nitrogen and oxygen atoms in total. The predicted molar refractivity (Wildman–Crippen MR) is 118 cm³/mol. The maximum absolute atomic E-state index is 11.6. The van der Waals surface area contributed by atoms with Crippen LogP contribution in [0, 0.1) is 11.3 Å². The first kappa shape index (κ1) is 20.7. The number of benzene rings is 1. The Hall–Kier alpha value is -4.58. The second kappa shape index (κ2) is 8.65. The number of nitrogens with zero attached hydrogens (tertiary/aromatic N) is 6. The van der Waals surface area contributed by atoms with Gasteiger partial charge in [-0.1, -0.05) is 12.1 Å². The maximum Gasteiger partial charge on any atom is 0.221 e. The number of ether oxygens (including phenoxy) is 1. The molecule has 4 rings (SSSR count). The highest BCUT2D eigenvalue weighted by atomic mass is 16.5.